The first-order valence-electron chi connectivity index (χ1n) is 9.73. The molecule has 1 amide bonds. The van der Waals surface area contributed by atoms with Crippen molar-refractivity contribution in [2.24, 2.45) is 0 Å². The second kappa shape index (κ2) is 7.52. The van der Waals surface area contributed by atoms with E-state index in [0.29, 0.717) is 0 Å². The molecular formula is C21H27N3O2. The van der Waals surface area contributed by atoms with Gasteiger partial charge in [0.25, 0.3) is 5.91 Å². The number of methoxy groups -OCH3 is 1. The first-order chi connectivity index (χ1) is 12.8. The van der Waals surface area contributed by atoms with Crippen molar-refractivity contribution < 1.29 is 9.53 Å². The molecule has 1 fully saturated rings. The van der Waals surface area contributed by atoms with Crippen LogP contribution in [0.5, 0.6) is 5.75 Å². The van der Waals surface area contributed by atoms with Gasteiger partial charge in [0.05, 0.1) is 19.0 Å². The number of ether oxygens (including phenoxy) is 1. The molecule has 0 radical (unpaired) electrons. The first kappa shape index (κ1) is 17.1. The Kier molecular flexibility index (Phi) is 4.96. The van der Waals surface area contributed by atoms with E-state index < -0.39 is 0 Å². The Balaban J connectivity index is 1.55. The van der Waals surface area contributed by atoms with E-state index in [0.717, 1.165) is 56.5 Å². The number of piperidine rings is 1. The van der Waals surface area contributed by atoms with Gasteiger partial charge in [-0.05, 0) is 68.2 Å². The van der Waals surface area contributed by atoms with Crippen LogP contribution in [0.25, 0.3) is 0 Å². The highest BCUT2D eigenvalue weighted by molar-refractivity contribution is 5.97. The van der Waals surface area contributed by atoms with Gasteiger partial charge in [0.1, 0.15) is 5.75 Å². The van der Waals surface area contributed by atoms with E-state index in [1.165, 1.54) is 24.0 Å². The fourth-order valence-corrected chi connectivity index (χ4v) is 4.38. The van der Waals surface area contributed by atoms with Crippen molar-refractivity contribution in [3.63, 3.8) is 0 Å². The molecule has 2 heterocycles. The van der Waals surface area contributed by atoms with Crippen LogP contribution >= 0.6 is 0 Å². The van der Waals surface area contributed by atoms with E-state index in [1.807, 2.05) is 12.5 Å². The highest BCUT2D eigenvalue weighted by Crippen LogP contribution is 2.32. The summed E-state index contributed by atoms with van der Waals surface area (Å²) in [4.78, 5) is 19.6. The van der Waals surface area contributed by atoms with Crippen LogP contribution in [-0.4, -0.2) is 40.1 Å². The summed E-state index contributed by atoms with van der Waals surface area (Å²) >= 11 is 0. The maximum atomic E-state index is 13.4. The Hall–Kier alpha value is -2.30. The van der Waals surface area contributed by atoms with Gasteiger partial charge < -0.3 is 14.2 Å². The molecule has 26 heavy (non-hydrogen) atoms. The summed E-state index contributed by atoms with van der Waals surface area (Å²) in [5.41, 5.74) is 3.40. The van der Waals surface area contributed by atoms with Crippen LogP contribution in [0.15, 0.2) is 30.9 Å². The average molecular weight is 353 g/mol. The Morgan fingerprint density at radius 3 is 2.85 bits per heavy atom. The number of nitrogens with zero attached hydrogens (tertiary/aromatic N) is 3. The molecule has 5 nitrogen and oxygen atoms in total. The van der Waals surface area contributed by atoms with Crippen LogP contribution in [0.1, 0.15) is 53.6 Å². The van der Waals surface area contributed by atoms with Crippen molar-refractivity contribution in [3.05, 3.63) is 47.5 Å². The lowest BCUT2D eigenvalue weighted by molar-refractivity contribution is 0.0592. The quantitative estimate of drug-likeness (QED) is 0.827. The van der Waals surface area contributed by atoms with E-state index in [1.54, 1.807) is 13.3 Å². The lowest BCUT2D eigenvalue weighted by atomic mass is 9.97. The highest BCUT2D eigenvalue weighted by Gasteiger charge is 2.30. The lowest BCUT2D eigenvalue weighted by Crippen LogP contribution is -2.44. The van der Waals surface area contributed by atoms with Crippen molar-refractivity contribution in [3.8, 4) is 5.75 Å². The molecule has 1 aliphatic heterocycles. The number of carbonyl (C=O) groups excluding carboxylic acids is 1. The molecule has 4 rings (SSSR count). The smallest absolute Gasteiger partial charge is 0.257 e. The normalized spacial score (nSPS) is 19.4. The Morgan fingerprint density at radius 1 is 1.23 bits per heavy atom. The van der Waals surface area contributed by atoms with Gasteiger partial charge in [-0.2, -0.15) is 0 Å². The number of amides is 1. The SMILES string of the molecule is COc1cc2c(cc1C(=O)N1CCCC[C@H]1CCn1ccnc1)CCC2. The maximum Gasteiger partial charge on any atom is 0.257 e. The molecule has 2 aliphatic rings. The van der Waals surface area contributed by atoms with Crippen molar-refractivity contribution in [1.82, 2.24) is 14.5 Å². The lowest BCUT2D eigenvalue weighted by Gasteiger charge is -2.36. The molecule has 5 heteroatoms. The molecule has 1 saturated heterocycles. The van der Waals surface area contributed by atoms with Crippen molar-refractivity contribution >= 4 is 5.91 Å². The minimum atomic E-state index is 0.131. The molecular weight excluding hydrogens is 326 g/mol. The van der Waals surface area contributed by atoms with E-state index in [4.69, 9.17) is 4.74 Å². The van der Waals surface area contributed by atoms with Crippen molar-refractivity contribution in [1.29, 1.82) is 0 Å². The zero-order chi connectivity index (χ0) is 17.9. The van der Waals surface area contributed by atoms with E-state index in [9.17, 15) is 4.79 Å². The summed E-state index contributed by atoms with van der Waals surface area (Å²) in [6.07, 6.45) is 13.3. The summed E-state index contributed by atoms with van der Waals surface area (Å²) in [5, 5.41) is 0. The van der Waals surface area contributed by atoms with Crippen molar-refractivity contribution in [2.45, 2.75) is 57.5 Å². The average Bonchev–Trinajstić information content (AvgIpc) is 3.36. The molecule has 1 aromatic heterocycles. The van der Waals surface area contributed by atoms with Gasteiger partial charge in [0, 0.05) is 31.5 Å². The predicted molar refractivity (Wildman–Crippen MR) is 101 cm³/mol. The van der Waals surface area contributed by atoms with E-state index >= 15 is 0 Å². The van der Waals surface area contributed by atoms with Gasteiger partial charge in [-0.25, -0.2) is 4.98 Å². The van der Waals surface area contributed by atoms with Gasteiger partial charge in [-0.15, -0.1) is 0 Å². The number of imidazole rings is 1. The third kappa shape index (κ3) is 3.35. The van der Waals surface area contributed by atoms with Crippen LogP contribution in [0, 0.1) is 0 Å². The second-order valence-electron chi connectivity index (χ2n) is 7.41. The fraction of sp³-hybridized carbons (Fsp3) is 0.524. The van der Waals surface area contributed by atoms with Crippen LogP contribution in [0.3, 0.4) is 0 Å². The summed E-state index contributed by atoms with van der Waals surface area (Å²) in [6, 6.07) is 4.46. The predicted octanol–water partition coefficient (Wildman–Crippen LogP) is 3.47. The number of hydrogen-bond donors (Lipinski definition) is 0. The minimum absolute atomic E-state index is 0.131. The molecule has 0 unspecified atom stereocenters. The number of fused-ring (bicyclic) bond motifs is 1. The largest absolute Gasteiger partial charge is 0.496 e. The number of likely N-dealkylation sites (tertiary alicyclic amines) is 1. The molecule has 1 aromatic carbocycles. The monoisotopic (exact) mass is 353 g/mol. The fourth-order valence-electron chi connectivity index (χ4n) is 4.38. The first-order valence-corrected chi connectivity index (χ1v) is 9.73. The number of aromatic nitrogens is 2. The van der Waals surface area contributed by atoms with Crippen molar-refractivity contribution in [2.75, 3.05) is 13.7 Å². The number of benzene rings is 1. The molecule has 0 saturated carbocycles. The topological polar surface area (TPSA) is 47.4 Å². The third-order valence-corrected chi connectivity index (χ3v) is 5.81. The third-order valence-electron chi connectivity index (χ3n) is 5.81. The molecule has 0 N–H and O–H groups in total. The summed E-state index contributed by atoms with van der Waals surface area (Å²) in [6.45, 7) is 1.74. The molecule has 1 aliphatic carbocycles. The second-order valence-corrected chi connectivity index (χ2v) is 7.41. The van der Waals surface area contributed by atoms with Crippen LogP contribution in [-0.2, 0) is 19.4 Å². The molecule has 138 valence electrons. The molecule has 0 spiro atoms. The zero-order valence-electron chi connectivity index (χ0n) is 15.5. The number of hydrogen-bond acceptors (Lipinski definition) is 3. The van der Waals surface area contributed by atoms with E-state index in [-0.39, 0.29) is 11.9 Å². The molecule has 0 bridgehead atoms. The zero-order valence-corrected chi connectivity index (χ0v) is 15.5. The van der Waals surface area contributed by atoms with E-state index in [2.05, 4.69) is 26.6 Å². The molecule has 2 aromatic rings. The minimum Gasteiger partial charge on any atom is -0.496 e. The van der Waals surface area contributed by atoms with Gasteiger partial charge in [0.15, 0.2) is 0 Å². The summed E-state index contributed by atoms with van der Waals surface area (Å²) < 4.78 is 7.67. The summed E-state index contributed by atoms with van der Waals surface area (Å²) in [5.74, 6) is 0.862. The van der Waals surface area contributed by atoms with Crippen LogP contribution in [0.2, 0.25) is 0 Å². The van der Waals surface area contributed by atoms with Gasteiger partial charge in [-0.1, -0.05) is 0 Å². The van der Waals surface area contributed by atoms with Crippen LogP contribution < -0.4 is 4.74 Å². The Bertz CT molecular complexity index is 770. The number of carbonyl (C=O) groups is 1. The number of aryl methyl sites for hydroxylation is 3. The standard InChI is InChI=1S/C21H27N3O2/c1-26-20-14-17-6-4-5-16(17)13-19(20)21(25)24-10-3-2-7-18(24)8-11-23-12-9-22-15-23/h9,12-15,18H,2-8,10-11H2,1H3/t18-/m0/s1. The van der Waals surface area contributed by atoms with Gasteiger partial charge in [-0.3, -0.25) is 4.79 Å². The maximum absolute atomic E-state index is 13.4. The van der Waals surface area contributed by atoms with Gasteiger partial charge in [0.2, 0.25) is 0 Å². The summed E-state index contributed by atoms with van der Waals surface area (Å²) in [7, 11) is 1.67. The Morgan fingerprint density at radius 2 is 2.08 bits per heavy atom. The van der Waals surface area contributed by atoms with Crippen LogP contribution in [0.4, 0.5) is 0 Å². The van der Waals surface area contributed by atoms with Gasteiger partial charge >= 0.3 is 0 Å². The highest BCUT2D eigenvalue weighted by atomic mass is 16.5. The number of rotatable bonds is 5. The Labute approximate surface area is 155 Å². The molecule has 1 atom stereocenters.